The third kappa shape index (κ3) is 4.22. The Labute approximate surface area is 146 Å². The molecule has 0 aromatic heterocycles. The van der Waals surface area contributed by atoms with E-state index in [-0.39, 0.29) is 6.03 Å². The normalized spacial score (nSPS) is 19.9. The molecule has 1 heterocycles. The highest BCUT2D eigenvalue weighted by atomic mass is 16.2. The summed E-state index contributed by atoms with van der Waals surface area (Å²) in [5.74, 6) is 0. The van der Waals surface area contributed by atoms with E-state index in [9.17, 15) is 4.79 Å². The Kier molecular flexibility index (Phi) is 5.64. The van der Waals surface area contributed by atoms with Crippen LogP contribution in [0.4, 0.5) is 10.5 Å². The van der Waals surface area contributed by atoms with E-state index in [1.807, 2.05) is 4.90 Å². The van der Waals surface area contributed by atoms with Crippen LogP contribution >= 0.6 is 0 Å². The zero-order valence-corrected chi connectivity index (χ0v) is 15.2. The Morgan fingerprint density at radius 3 is 2.25 bits per heavy atom. The zero-order valence-electron chi connectivity index (χ0n) is 15.2. The van der Waals surface area contributed by atoms with Gasteiger partial charge in [0.15, 0.2) is 0 Å². The van der Waals surface area contributed by atoms with Crippen molar-refractivity contribution in [1.82, 2.24) is 10.2 Å². The molecule has 1 aliphatic heterocycles. The predicted molar refractivity (Wildman–Crippen MR) is 99.7 cm³/mol. The molecule has 3 rings (SSSR count). The van der Waals surface area contributed by atoms with E-state index in [4.69, 9.17) is 0 Å². The summed E-state index contributed by atoms with van der Waals surface area (Å²) in [5.41, 5.74) is 3.95. The first-order chi connectivity index (χ1) is 11.6. The van der Waals surface area contributed by atoms with Gasteiger partial charge in [0, 0.05) is 37.9 Å². The molecule has 1 aliphatic carbocycles. The molecule has 24 heavy (non-hydrogen) atoms. The summed E-state index contributed by atoms with van der Waals surface area (Å²) < 4.78 is 0. The van der Waals surface area contributed by atoms with Crippen LogP contribution in [0, 0.1) is 13.8 Å². The number of amides is 2. The Bertz CT molecular complexity index is 556. The largest absolute Gasteiger partial charge is 0.368 e. The van der Waals surface area contributed by atoms with Crippen LogP contribution < -0.4 is 10.2 Å². The average Bonchev–Trinajstić information content (AvgIpc) is 2.86. The summed E-state index contributed by atoms with van der Waals surface area (Å²) in [6, 6.07) is 7.18. The minimum atomic E-state index is 0.140. The van der Waals surface area contributed by atoms with Crippen LogP contribution in [0.5, 0.6) is 0 Å². The third-order valence-electron chi connectivity index (χ3n) is 5.61. The van der Waals surface area contributed by atoms with Gasteiger partial charge in [0.1, 0.15) is 0 Å². The molecule has 132 valence electrons. The summed E-state index contributed by atoms with van der Waals surface area (Å²) in [6.45, 7) is 7.77. The lowest BCUT2D eigenvalue weighted by atomic mass is 10.1. The molecule has 4 nitrogen and oxygen atoms in total. The van der Waals surface area contributed by atoms with Gasteiger partial charge in [-0.2, -0.15) is 0 Å². The molecule has 2 aliphatic rings. The van der Waals surface area contributed by atoms with Crippen LogP contribution in [-0.4, -0.2) is 43.2 Å². The summed E-state index contributed by atoms with van der Waals surface area (Å²) in [4.78, 5) is 16.9. The molecule has 0 radical (unpaired) electrons. The van der Waals surface area contributed by atoms with E-state index in [1.54, 1.807) is 0 Å². The Hall–Kier alpha value is -1.71. The van der Waals surface area contributed by atoms with Crippen molar-refractivity contribution in [2.75, 3.05) is 31.1 Å². The van der Waals surface area contributed by atoms with Crippen molar-refractivity contribution in [3.05, 3.63) is 29.3 Å². The number of hydrogen-bond acceptors (Lipinski definition) is 2. The fourth-order valence-corrected chi connectivity index (χ4v) is 3.78. The van der Waals surface area contributed by atoms with E-state index >= 15 is 0 Å². The standard InChI is InChI=1S/C20H31N3O/c1-16-9-10-19(15-17(16)2)22-11-13-23(14-12-22)20(24)21-18-7-5-3-4-6-8-18/h9-10,15,18H,3-8,11-14H2,1-2H3,(H,21,24). The number of carbonyl (C=O) groups is 1. The third-order valence-corrected chi connectivity index (χ3v) is 5.61. The molecule has 0 bridgehead atoms. The van der Waals surface area contributed by atoms with Crippen LogP contribution in [0.2, 0.25) is 0 Å². The van der Waals surface area contributed by atoms with Crippen molar-refractivity contribution in [3.8, 4) is 0 Å². The monoisotopic (exact) mass is 329 g/mol. The topological polar surface area (TPSA) is 35.6 Å². The molecule has 4 heteroatoms. The number of rotatable bonds is 2. The van der Waals surface area contributed by atoms with Crippen molar-refractivity contribution < 1.29 is 4.79 Å². The predicted octanol–water partition coefficient (Wildman–Crippen LogP) is 3.86. The van der Waals surface area contributed by atoms with Crippen molar-refractivity contribution in [3.63, 3.8) is 0 Å². The fourth-order valence-electron chi connectivity index (χ4n) is 3.78. The van der Waals surface area contributed by atoms with Gasteiger partial charge in [-0.1, -0.05) is 31.7 Å². The fraction of sp³-hybridized carbons (Fsp3) is 0.650. The number of anilines is 1. The molecule has 2 amide bonds. The molecule has 0 atom stereocenters. The van der Waals surface area contributed by atoms with E-state index in [0.717, 1.165) is 39.0 Å². The highest BCUT2D eigenvalue weighted by Gasteiger charge is 2.23. The van der Waals surface area contributed by atoms with Crippen molar-refractivity contribution in [1.29, 1.82) is 0 Å². The Morgan fingerprint density at radius 2 is 1.62 bits per heavy atom. The quantitative estimate of drug-likeness (QED) is 0.836. The highest BCUT2D eigenvalue weighted by molar-refractivity contribution is 5.75. The smallest absolute Gasteiger partial charge is 0.317 e. The Morgan fingerprint density at radius 1 is 0.958 bits per heavy atom. The van der Waals surface area contributed by atoms with Gasteiger partial charge >= 0.3 is 6.03 Å². The van der Waals surface area contributed by atoms with Gasteiger partial charge in [0.2, 0.25) is 0 Å². The number of nitrogens with zero attached hydrogens (tertiary/aromatic N) is 2. The van der Waals surface area contributed by atoms with Gasteiger partial charge in [0.05, 0.1) is 0 Å². The van der Waals surface area contributed by atoms with E-state index < -0.39 is 0 Å². The molecular weight excluding hydrogens is 298 g/mol. The second kappa shape index (κ2) is 7.91. The minimum Gasteiger partial charge on any atom is -0.368 e. The summed E-state index contributed by atoms with van der Waals surface area (Å²) >= 11 is 0. The summed E-state index contributed by atoms with van der Waals surface area (Å²) in [7, 11) is 0. The van der Waals surface area contributed by atoms with E-state index in [1.165, 1.54) is 42.5 Å². The van der Waals surface area contributed by atoms with E-state index in [0.29, 0.717) is 6.04 Å². The van der Waals surface area contributed by atoms with Crippen molar-refractivity contribution in [2.45, 2.75) is 58.4 Å². The zero-order chi connectivity index (χ0) is 16.9. The molecule has 2 fully saturated rings. The number of aryl methyl sites for hydroxylation is 2. The maximum atomic E-state index is 12.5. The first kappa shape index (κ1) is 17.1. The minimum absolute atomic E-state index is 0.140. The first-order valence-electron chi connectivity index (χ1n) is 9.51. The van der Waals surface area contributed by atoms with Crippen molar-refractivity contribution in [2.24, 2.45) is 0 Å². The van der Waals surface area contributed by atoms with Crippen LogP contribution in [0.1, 0.15) is 49.7 Å². The van der Waals surface area contributed by atoms with Crippen LogP contribution in [-0.2, 0) is 0 Å². The number of benzene rings is 1. The van der Waals surface area contributed by atoms with Gasteiger partial charge < -0.3 is 15.1 Å². The second-order valence-electron chi connectivity index (χ2n) is 7.38. The van der Waals surface area contributed by atoms with Crippen LogP contribution in [0.15, 0.2) is 18.2 Å². The number of carbonyl (C=O) groups excluding carboxylic acids is 1. The van der Waals surface area contributed by atoms with Gasteiger partial charge in [0.25, 0.3) is 0 Å². The number of piperazine rings is 1. The molecule has 1 saturated carbocycles. The molecule has 1 N–H and O–H groups in total. The molecule has 0 spiro atoms. The van der Waals surface area contributed by atoms with Gasteiger partial charge in [-0.25, -0.2) is 4.79 Å². The highest BCUT2D eigenvalue weighted by Crippen LogP contribution is 2.21. The first-order valence-corrected chi connectivity index (χ1v) is 9.51. The average molecular weight is 329 g/mol. The maximum absolute atomic E-state index is 12.5. The van der Waals surface area contributed by atoms with E-state index in [2.05, 4.69) is 42.3 Å². The van der Waals surface area contributed by atoms with Gasteiger partial charge in [-0.05, 0) is 49.9 Å². The van der Waals surface area contributed by atoms with Gasteiger partial charge in [-0.15, -0.1) is 0 Å². The number of hydrogen-bond donors (Lipinski definition) is 1. The SMILES string of the molecule is Cc1ccc(N2CCN(C(=O)NC3CCCCCC3)CC2)cc1C. The lowest BCUT2D eigenvalue weighted by molar-refractivity contribution is 0.189. The number of nitrogens with one attached hydrogen (secondary N) is 1. The summed E-state index contributed by atoms with van der Waals surface area (Å²) in [6.07, 6.45) is 7.45. The second-order valence-corrected chi connectivity index (χ2v) is 7.38. The van der Waals surface area contributed by atoms with Crippen molar-refractivity contribution >= 4 is 11.7 Å². The molecule has 1 saturated heterocycles. The molecule has 1 aromatic rings. The lowest BCUT2D eigenvalue weighted by Gasteiger charge is -2.37. The summed E-state index contributed by atoms with van der Waals surface area (Å²) in [5, 5.41) is 3.27. The molecule has 0 unspecified atom stereocenters. The lowest BCUT2D eigenvalue weighted by Crippen LogP contribution is -2.53. The molecule has 1 aromatic carbocycles. The Balaban J connectivity index is 1.50. The maximum Gasteiger partial charge on any atom is 0.317 e. The van der Waals surface area contributed by atoms with Gasteiger partial charge in [-0.3, -0.25) is 0 Å². The van der Waals surface area contributed by atoms with Crippen LogP contribution in [0.3, 0.4) is 0 Å². The van der Waals surface area contributed by atoms with Crippen LogP contribution in [0.25, 0.3) is 0 Å². The molecular formula is C20H31N3O. The number of urea groups is 1.